The number of fused-ring (bicyclic) bond motifs is 7. The van der Waals surface area contributed by atoms with Crippen molar-refractivity contribution in [1.82, 2.24) is 4.98 Å². The van der Waals surface area contributed by atoms with Gasteiger partial charge in [0.05, 0.1) is 17.9 Å². The molecule has 2 aliphatic carbocycles. The maximum absolute atomic E-state index is 12.9. The number of hydrogen-bond donors (Lipinski definition) is 2. The Kier molecular flexibility index (Phi) is 4.12. The van der Waals surface area contributed by atoms with Gasteiger partial charge in [-0.3, -0.25) is 9.78 Å². The normalized spacial score (nSPS) is 28.3. The van der Waals surface area contributed by atoms with Gasteiger partial charge < -0.3 is 10.6 Å². The van der Waals surface area contributed by atoms with Crippen molar-refractivity contribution < 1.29 is 4.79 Å². The van der Waals surface area contributed by atoms with E-state index in [1.165, 1.54) is 36.1 Å². The molecule has 0 saturated heterocycles. The number of carbonyl (C=O) groups excluding carboxylic acids is 1. The van der Waals surface area contributed by atoms with Crippen LogP contribution in [0.5, 0.6) is 0 Å². The molecule has 1 amide bonds. The average Bonchev–Trinajstić information content (AvgIpc) is 3.42. The van der Waals surface area contributed by atoms with Crippen molar-refractivity contribution in [2.75, 3.05) is 10.6 Å². The van der Waals surface area contributed by atoms with Crippen LogP contribution in [0.4, 0.5) is 11.4 Å². The highest BCUT2D eigenvalue weighted by molar-refractivity contribution is 6.04. The Labute approximate surface area is 176 Å². The number of pyridine rings is 1. The summed E-state index contributed by atoms with van der Waals surface area (Å²) in [5, 5.41) is 6.82. The van der Waals surface area contributed by atoms with Crippen molar-refractivity contribution in [2.24, 2.45) is 17.8 Å². The highest BCUT2D eigenvalue weighted by Crippen LogP contribution is 2.63. The van der Waals surface area contributed by atoms with Gasteiger partial charge in [-0.1, -0.05) is 30.3 Å². The van der Waals surface area contributed by atoms with Crippen molar-refractivity contribution in [3.8, 4) is 0 Å². The highest BCUT2D eigenvalue weighted by atomic mass is 16.1. The maximum Gasteiger partial charge on any atom is 0.255 e. The number of amides is 1. The fourth-order valence-electron chi connectivity index (χ4n) is 6.26. The lowest BCUT2D eigenvalue weighted by atomic mass is 9.68. The van der Waals surface area contributed by atoms with E-state index in [-0.39, 0.29) is 5.91 Å². The van der Waals surface area contributed by atoms with Crippen LogP contribution in [0.25, 0.3) is 0 Å². The lowest BCUT2D eigenvalue weighted by Gasteiger charge is -2.43. The van der Waals surface area contributed by atoms with E-state index in [1.807, 2.05) is 18.2 Å². The second-order valence-corrected chi connectivity index (χ2v) is 8.97. The fourth-order valence-corrected chi connectivity index (χ4v) is 6.26. The van der Waals surface area contributed by atoms with Gasteiger partial charge in [0.1, 0.15) is 0 Å². The zero-order chi connectivity index (χ0) is 20.1. The van der Waals surface area contributed by atoms with Gasteiger partial charge in [0.15, 0.2) is 0 Å². The number of aromatic nitrogens is 1. The van der Waals surface area contributed by atoms with Gasteiger partial charge in [-0.05, 0) is 84.4 Å². The summed E-state index contributed by atoms with van der Waals surface area (Å²) in [6, 6.07) is 21.1. The third kappa shape index (κ3) is 2.82. The van der Waals surface area contributed by atoms with Gasteiger partial charge >= 0.3 is 0 Å². The molecule has 1 aromatic heterocycles. The molecule has 2 bridgehead atoms. The largest absolute Gasteiger partial charge is 0.378 e. The summed E-state index contributed by atoms with van der Waals surface area (Å²) < 4.78 is 0. The van der Waals surface area contributed by atoms with E-state index in [4.69, 9.17) is 0 Å². The Bertz CT molecular complexity index is 1080. The predicted molar refractivity (Wildman–Crippen MR) is 118 cm³/mol. The van der Waals surface area contributed by atoms with Crippen LogP contribution in [-0.4, -0.2) is 10.9 Å². The molecule has 6 rings (SSSR count). The van der Waals surface area contributed by atoms with Gasteiger partial charge in [-0.25, -0.2) is 0 Å². The quantitative estimate of drug-likeness (QED) is 0.604. The third-order valence-corrected chi connectivity index (χ3v) is 7.43. The molecule has 2 N–H and O–H groups in total. The van der Waals surface area contributed by atoms with Crippen LogP contribution in [0, 0.1) is 17.8 Å². The molecular weight excluding hydrogens is 370 g/mol. The molecule has 2 heterocycles. The highest BCUT2D eigenvalue weighted by Gasteiger charge is 2.53. The Morgan fingerprint density at radius 2 is 1.87 bits per heavy atom. The van der Waals surface area contributed by atoms with E-state index in [9.17, 15) is 4.79 Å². The first-order chi connectivity index (χ1) is 14.8. The van der Waals surface area contributed by atoms with Gasteiger partial charge in [-0.2, -0.15) is 0 Å². The second-order valence-electron chi connectivity index (χ2n) is 8.97. The Hall–Kier alpha value is -3.14. The SMILES string of the molecule is O=C(Nc1cccnc1)c1ccc2c(c1)[C@H]1[C@H]3CC[C@@H](C3)[C@@H]1[C@@H](c1ccccc1)N2. The minimum atomic E-state index is -0.0734. The van der Waals surface area contributed by atoms with Crippen molar-refractivity contribution in [2.45, 2.75) is 31.2 Å². The summed E-state index contributed by atoms with van der Waals surface area (Å²) in [5.74, 6) is 2.59. The molecule has 4 nitrogen and oxygen atoms in total. The Morgan fingerprint density at radius 3 is 2.70 bits per heavy atom. The van der Waals surface area contributed by atoms with Crippen LogP contribution < -0.4 is 10.6 Å². The Balaban J connectivity index is 1.36. The molecule has 3 aliphatic rings. The maximum atomic E-state index is 12.9. The number of carbonyl (C=O) groups is 1. The first-order valence-electron chi connectivity index (χ1n) is 10.9. The van der Waals surface area contributed by atoms with Crippen molar-refractivity contribution in [1.29, 1.82) is 0 Å². The Morgan fingerprint density at radius 1 is 1.00 bits per heavy atom. The van der Waals surface area contributed by atoms with Crippen LogP contribution >= 0.6 is 0 Å². The van der Waals surface area contributed by atoms with Gasteiger partial charge in [0, 0.05) is 17.4 Å². The predicted octanol–water partition coefficient (Wildman–Crippen LogP) is 5.63. The second kappa shape index (κ2) is 6.98. The molecule has 4 heteroatoms. The first kappa shape index (κ1) is 17.7. The number of hydrogen-bond acceptors (Lipinski definition) is 3. The molecule has 5 atom stereocenters. The van der Waals surface area contributed by atoms with Crippen LogP contribution in [0.2, 0.25) is 0 Å². The van der Waals surface area contributed by atoms with E-state index < -0.39 is 0 Å². The van der Waals surface area contributed by atoms with E-state index in [1.54, 1.807) is 12.4 Å². The van der Waals surface area contributed by atoms with Crippen molar-refractivity contribution in [3.05, 3.63) is 89.7 Å². The van der Waals surface area contributed by atoms with Gasteiger partial charge in [-0.15, -0.1) is 0 Å². The summed E-state index contributed by atoms with van der Waals surface area (Å²) in [7, 11) is 0. The number of anilines is 2. The van der Waals surface area contributed by atoms with Crippen molar-refractivity contribution in [3.63, 3.8) is 0 Å². The fraction of sp³-hybridized carbons (Fsp3) is 0.308. The summed E-state index contributed by atoms with van der Waals surface area (Å²) in [4.78, 5) is 17.0. The van der Waals surface area contributed by atoms with Crippen molar-refractivity contribution >= 4 is 17.3 Å². The molecule has 3 aromatic rings. The molecule has 2 saturated carbocycles. The van der Waals surface area contributed by atoms with E-state index >= 15 is 0 Å². The smallest absolute Gasteiger partial charge is 0.255 e. The van der Waals surface area contributed by atoms with Crippen LogP contribution in [0.15, 0.2) is 73.1 Å². The van der Waals surface area contributed by atoms with E-state index in [0.717, 1.165) is 23.1 Å². The lowest BCUT2D eigenvalue weighted by molar-refractivity contribution is 0.102. The molecule has 2 aromatic carbocycles. The molecule has 0 spiro atoms. The molecule has 2 fully saturated rings. The van der Waals surface area contributed by atoms with Gasteiger partial charge in [0.2, 0.25) is 0 Å². The molecular formula is C26H25N3O. The summed E-state index contributed by atoms with van der Waals surface area (Å²) in [5.41, 5.74) is 5.34. The zero-order valence-electron chi connectivity index (χ0n) is 16.8. The molecule has 30 heavy (non-hydrogen) atoms. The summed E-state index contributed by atoms with van der Waals surface area (Å²) in [6.45, 7) is 0. The number of nitrogens with one attached hydrogen (secondary N) is 2. The van der Waals surface area contributed by atoms with Crippen LogP contribution in [0.1, 0.15) is 52.7 Å². The monoisotopic (exact) mass is 395 g/mol. The summed E-state index contributed by atoms with van der Waals surface area (Å²) in [6.07, 6.45) is 7.37. The molecule has 0 radical (unpaired) electrons. The topological polar surface area (TPSA) is 54.0 Å². The number of rotatable bonds is 3. The molecule has 1 aliphatic heterocycles. The summed E-state index contributed by atoms with van der Waals surface area (Å²) >= 11 is 0. The zero-order valence-corrected chi connectivity index (χ0v) is 16.8. The number of benzene rings is 2. The molecule has 0 unspecified atom stereocenters. The first-order valence-corrected chi connectivity index (χ1v) is 10.9. The third-order valence-electron chi connectivity index (χ3n) is 7.43. The van der Waals surface area contributed by atoms with Gasteiger partial charge in [0.25, 0.3) is 5.91 Å². The standard InChI is InChI=1S/C26H25N3O/c30-26(28-20-7-4-12-27-15-20)19-10-11-22-21(14-19)23-17-8-9-18(13-17)24(23)25(29-22)16-5-2-1-3-6-16/h1-7,10-12,14-15,17-18,23-25,29H,8-9,13H2,(H,28,30)/t17-,18-,23+,24-,25+/m0/s1. The van der Waals surface area contributed by atoms with E-state index in [0.29, 0.717) is 17.9 Å². The molecule has 150 valence electrons. The van der Waals surface area contributed by atoms with Crippen LogP contribution in [-0.2, 0) is 0 Å². The van der Waals surface area contributed by atoms with Crippen LogP contribution in [0.3, 0.4) is 0 Å². The average molecular weight is 396 g/mol. The lowest BCUT2D eigenvalue weighted by Crippen LogP contribution is -2.35. The number of nitrogens with zero attached hydrogens (tertiary/aromatic N) is 1. The minimum absolute atomic E-state index is 0.0734. The van der Waals surface area contributed by atoms with E-state index in [2.05, 4.69) is 58.1 Å². The minimum Gasteiger partial charge on any atom is -0.378 e.